The van der Waals surface area contributed by atoms with Crippen molar-refractivity contribution in [1.82, 2.24) is 19.7 Å². The Morgan fingerprint density at radius 2 is 1.67 bits per heavy atom. The van der Waals surface area contributed by atoms with E-state index in [2.05, 4.69) is 15.0 Å². The molecule has 2 aromatic heterocycles. The van der Waals surface area contributed by atoms with E-state index < -0.39 is 11.9 Å². The number of aromatic nitrogens is 3. The van der Waals surface area contributed by atoms with E-state index in [4.69, 9.17) is 0 Å². The van der Waals surface area contributed by atoms with E-state index in [0.29, 0.717) is 64.0 Å². The Morgan fingerprint density at radius 3 is 2.42 bits per heavy atom. The van der Waals surface area contributed by atoms with Gasteiger partial charge in [-0.25, -0.2) is 4.98 Å². The molecule has 3 heterocycles. The standard InChI is InChI=1S/C32H39F3N6O2/c1-23(2)20-29(42)40-17-9-16-38(28-14-7-8-15-36-28)18-19-39(21-24-10-3-5-12-26(24)40)30(43)22-41-27-13-6-4-11-25(27)31(37-41)32(33,34)35/h3,5,7-8,10,12,14-15,23H,4,6,9,11,13,16-22H2,1-2H3. The van der Waals surface area contributed by atoms with Crippen molar-refractivity contribution in [3.63, 3.8) is 0 Å². The third-order valence-electron chi connectivity index (χ3n) is 8.11. The number of para-hydroxylation sites is 1. The molecule has 0 atom stereocenters. The highest BCUT2D eigenvalue weighted by Crippen LogP contribution is 2.36. The average molecular weight is 597 g/mol. The zero-order valence-corrected chi connectivity index (χ0v) is 24.8. The van der Waals surface area contributed by atoms with Crippen LogP contribution >= 0.6 is 0 Å². The summed E-state index contributed by atoms with van der Waals surface area (Å²) in [6.45, 7) is 5.91. The molecule has 1 aliphatic heterocycles. The van der Waals surface area contributed by atoms with Gasteiger partial charge >= 0.3 is 6.18 Å². The van der Waals surface area contributed by atoms with Crippen LogP contribution in [0.15, 0.2) is 48.7 Å². The predicted molar refractivity (Wildman–Crippen MR) is 159 cm³/mol. The van der Waals surface area contributed by atoms with Crippen molar-refractivity contribution >= 4 is 23.3 Å². The molecule has 0 spiro atoms. The van der Waals surface area contributed by atoms with Crippen LogP contribution in [0.25, 0.3) is 0 Å². The van der Waals surface area contributed by atoms with Gasteiger partial charge in [-0.1, -0.05) is 38.1 Å². The number of benzene rings is 1. The maximum Gasteiger partial charge on any atom is 0.435 e. The lowest BCUT2D eigenvalue weighted by atomic mass is 9.95. The van der Waals surface area contributed by atoms with Gasteiger partial charge in [0, 0.05) is 62.3 Å². The third kappa shape index (κ3) is 7.19. The van der Waals surface area contributed by atoms with E-state index in [0.717, 1.165) is 23.5 Å². The summed E-state index contributed by atoms with van der Waals surface area (Å²) in [6, 6.07) is 13.2. The average Bonchev–Trinajstić information content (AvgIpc) is 3.33. The van der Waals surface area contributed by atoms with Crippen LogP contribution in [0, 0.1) is 5.92 Å². The van der Waals surface area contributed by atoms with Crippen LogP contribution < -0.4 is 9.80 Å². The summed E-state index contributed by atoms with van der Waals surface area (Å²) >= 11 is 0. The Kier molecular flexibility index (Phi) is 9.37. The molecule has 2 amide bonds. The molecule has 43 heavy (non-hydrogen) atoms. The number of pyridine rings is 1. The SMILES string of the molecule is CC(C)CC(=O)N1CCCN(c2ccccn2)CCN(C(=O)Cn2nc(C(F)(F)F)c3c2CCCC3)Cc2ccccc21. The molecule has 230 valence electrons. The zero-order chi connectivity index (χ0) is 30.6. The number of carbonyl (C=O) groups excluding carboxylic acids is 2. The lowest BCUT2D eigenvalue weighted by molar-refractivity contribution is -0.142. The maximum absolute atomic E-state index is 13.9. The molecular weight excluding hydrogens is 557 g/mol. The Morgan fingerprint density at radius 1 is 0.907 bits per heavy atom. The Bertz CT molecular complexity index is 1420. The summed E-state index contributed by atoms with van der Waals surface area (Å²) in [5.74, 6) is 0.650. The van der Waals surface area contributed by atoms with Crippen molar-refractivity contribution in [2.45, 2.75) is 71.6 Å². The van der Waals surface area contributed by atoms with Crippen molar-refractivity contribution < 1.29 is 22.8 Å². The van der Waals surface area contributed by atoms with E-state index in [-0.39, 0.29) is 36.4 Å². The number of nitrogens with zero attached hydrogens (tertiary/aromatic N) is 6. The third-order valence-corrected chi connectivity index (χ3v) is 8.11. The summed E-state index contributed by atoms with van der Waals surface area (Å²) in [6.07, 6.45) is 0.461. The van der Waals surface area contributed by atoms with Gasteiger partial charge in [-0.05, 0) is 61.8 Å². The van der Waals surface area contributed by atoms with Gasteiger partial charge in [0.1, 0.15) is 12.4 Å². The minimum absolute atomic E-state index is 0.0202. The molecule has 3 aromatic rings. The fourth-order valence-electron chi connectivity index (χ4n) is 6.04. The Labute approximate surface area is 250 Å². The van der Waals surface area contributed by atoms with Gasteiger partial charge in [0.25, 0.3) is 0 Å². The second-order valence-electron chi connectivity index (χ2n) is 11.8. The molecular formula is C32H39F3N6O2. The van der Waals surface area contributed by atoms with Gasteiger partial charge in [0.2, 0.25) is 11.8 Å². The van der Waals surface area contributed by atoms with Crippen LogP contribution in [0.2, 0.25) is 0 Å². The van der Waals surface area contributed by atoms with Crippen LogP contribution in [0.5, 0.6) is 0 Å². The van der Waals surface area contributed by atoms with Gasteiger partial charge < -0.3 is 14.7 Å². The molecule has 5 rings (SSSR count). The molecule has 0 unspecified atom stereocenters. The highest BCUT2D eigenvalue weighted by molar-refractivity contribution is 5.94. The van der Waals surface area contributed by atoms with Crippen LogP contribution in [0.1, 0.15) is 62.0 Å². The molecule has 0 radical (unpaired) electrons. The van der Waals surface area contributed by atoms with Gasteiger partial charge in [-0.15, -0.1) is 0 Å². The monoisotopic (exact) mass is 596 g/mol. The summed E-state index contributed by atoms with van der Waals surface area (Å²) in [5, 5.41) is 3.93. The minimum atomic E-state index is -4.57. The van der Waals surface area contributed by atoms with Crippen molar-refractivity contribution in [2.24, 2.45) is 5.92 Å². The number of anilines is 2. The van der Waals surface area contributed by atoms with Gasteiger partial charge in [0.15, 0.2) is 5.69 Å². The summed E-state index contributed by atoms with van der Waals surface area (Å²) in [7, 11) is 0. The van der Waals surface area contributed by atoms with Crippen LogP contribution in [0.3, 0.4) is 0 Å². The predicted octanol–water partition coefficient (Wildman–Crippen LogP) is 5.49. The van der Waals surface area contributed by atoms with E-state index in [9.17, 15) is 22.8 Å². The van der Waals surface area contributed by atoms with Gasteiger partial charge in [0.05, 0.1) is 0 Å². The molecule has 0 fully saturated rings. The number of carbonyl (C=O) groups is 2. The topological polar surface area (TPSA) is 74.6 Å². The molecule has 1 aromatic carbocycles. The van der Waals surface area contributed by atoms with Crippen molar-refractivity contribution in [2.75, 3.05) is 36.0 Å². The first-order valence-electron chi connectivity index (χ1n) is 15.1. The van der Waals surface area contributed by atoms with Crippen molar-refractivity contribution in [3.05, 3.63) is 71.2 Å². The van der Waals surface area contributed by atoms with E-state index in [1.54, 1.807) is 11.1 Å². The lowest BCUT2D eigenvalue weighted by Crippen LogP contribution is -2.40. The Hall–Kier alpha value is -3.89. The highest BCUT2D eigenvalue weighted by Gasteiger charge is 2.40. The van der Waals surface area contributed by atoms with Gasteiger partial charge in [-0.3, -0.25) is 14.3 Å². The maximum atomic E-state index is 13.9. The van der Waals surface area contributed by atoms with Crippen LogP contribution in [-0.2, 0) is 41.7 Å². The second kappa shape index (κ2) is 13.2. The molecule has 0 N–H and O–H groups in total. The van der Waals surface area contributed by atoms with Crippen LogP contribution in [0.4, 0.5) is 24.7 Å². The molecule has 2 aliphatic rings. The zero-order valence-electron chi connectivity index (χ0n) is 24.8. The Balaban J connectivity index is 1.49. The summed E-state index contributed by atoms with van der Waals surface area (Å²) in [5.41, 5.74) is 1.42. The second-order valence-corrected chi connectivity index (χ2v) is 11.8. The van der Waals surface area contributed by atoms with Crippen molar-refractivity contribution in [1.29, 1.82) is 0 Å². The molecule has 0 saturated heterocycles. The smallest absolute Gasteiger partial charge is 0.355 e. The summed E-state index contributed by atoms with van der Waals surface area (Å²) in [4.78, 5) is 37.5. The van der Waals surface area contributed by atoms with E-state index in [1.165, 1.54) is 4.68 Å². The number of rotatable bonds is 5. The van der Waals surface area contributed by atoms with Crippen molar-refractivity contribution in [3.8, 4) is 0 Å². The molecule has 8 nitrogen and oxygen atoms in total. The quantitative estimate of drug-likeness (QED) is 0.389. The first kappa shape index (κ1) is 30.6. The lowest BCUT2D eigenvalue weighted by Gasteiger charge is -2.29. The fourth-order valence-corrected chi connectivity index (χ4v) is 6.04. The number of fused-ring (bicyclic) bond motifs is 2. The first-order chi connectivity index (χ1) is 20.6. The van der Waals surface area contributed by atoms with Gasteiger partial charge in [-0.2, -0.15) is 18.3 Å². The minimum Gasteiger partial charge on any atom is -0.355 e. The number of amides is 2. The molecule has 0 saturated carbocycles. The van der Waals surface area contributed by atoms with Crippen LogP contribution in [-0.4, -0.2) is 57.7 Å². The largest absolute Gasteiger partial charge is 0.435 e. The highest BCUT2D eigenvalue weighted by atomic mass is 19.4. The van der Waals surface area contributed by atoms with E-state index >= 15 is 0 Å². The number of hydrogen-bond donors (Lipinski definition) is 0. The first-order valence-corrected chi connectivity index (χ1v) is 15.1. The molecule has 11 heteroatoms. The molecule has 1 aliphatic carbocycles. The summed E-state index contributed by atoms with van der Waals surface area (Å²) < 4.78 is 42.8. The normalized spacial score (nSPS) is 16.5. The van der Waals surface area contributed by atoms with E-state index in [1.807, 2.05) is 61.2 Å². The number of alkyl halides is 3. The molecule has 0 bridgehead atoms. The fraction of sp³-hybridized carbons (Fsp3) is 0.500. The number of hydrogen-bond acceptors (Lipinski definition) is 5. The number of halogens is 3.